The minimum absolute atomic E-state index is 0.0690. The standard InChI is InChI=1S/C23H27N3O2/c1-15-11-22(8-7-20(15)27-2)12-17-6-5-16(18-4-3-9-25-13-18)10-19(17)23(22)14-28-21(24)26-23/h3-6,9-10,13,15,20H,7-8,11-12,14H2,1-2H3,(H2,24,26)/t15-,20-,22-,23-/m0/s1/i14D2. The van der Waals surface area contributed by atoms with Gasteiger partial charge in [0.05, 0.1) is 8.85 Å². The first-order valence-electron chi connectivity index (χ1n) is 10.9. The van der Waals surface area contributed by atoms with Crippen molar-refractivity contribution in [1.82, 2.24) is 4.98 Å². The van der Waals surface area contributed by atoms with Gasteiger partial charge in [0.15, 0.2) is 0 Å². The van der Waals surface area contributed by atoms with Crippen LogP contribution in [-0.4, -0.2) is 30.8 Å². The Kier molecular flexibility index (Phi) is 3.50. The van der Waals surface area contributed by atoms with Crippen LogP contribution in [0.25, 0.3) is 11.1 Å². The molecule has 0 amide bonds. The Morgan fingerprint density at radius 1 is 1.32 bits per heavy atom. The Labute approximate surface area is 168 Å². The molecular formula is C23H27N3O2. The molecule has 1 aromatic heterocycles. The molecule has 0 saturated heterocycles. The normalized spacial score (nSPS) is 36.6. The van der Waals surface area contributed by atoms with Crippen LogP contribution in [0, 0.1) is 11.3 Å². The van der Waals surface area contributed by atoms with Gasteiger partial charge in [0.2, 0.25) is 0 Å². The van der Waals surface area contributed by atoms with Crippen molar-refractivity contribution in [2.45, 2.75) is 44.2 Å². The molecule has 2 aromatic rings. The number of benzene rings is 1. The predicted molar refractivity (Wildman–Crippen MR) is 109 cm³/mol. The number of pyridine rings is 1. The van der Waals surface area contributed by atoms with Gasteiger partial charge in [-0.25, -0.2) is 4.99 Å². The van der Waals surface area contributed by atoms with E-state index in [4.69, 9.17) is 22.9 Å². The highest BCUT2D eigenvalue weighted by molar-refractivity contribution is 5.76. The van der Waals surface area contributed by atoms with E-state index in [1.54, 1.807) is 13.3 Å². The van der Waals surface area contributed by atoms with E-state index in [0.717, 1.165) is 47.9 Å². The molecular weight excluding hydrogens is 350 g/mol. The van der Waals surface area contributed by atoms with Crippen LogP contribution in [-0.2, 0) is 21.4 Å². The molecule has 2 N–H and O–H groups in total. The highest BCUT2D eigenvalue weighted by Gasteiger charge is 2.62. The third-order valence-corrected chi connectivity index (χ3v) is 6.93. The molecule has 5 nitrogen and oxygen atoms in total. The van der Waals surface area contributed by atoms with Gasteiger partial charge >= 0.3 is 0 Å². The Bertz CT molecular complexity index is 1010. The molecule has 2 heterocycles. The van der Waals surface area contributed by atoms with Crippen molar-refractivity contribution in [3.63, 3.8) is 0 Å². The van der Waals surface area contributed by atoms with Crippen molar-refractivity contribution in [3.8, 4) is 11.1 Å². The molecule has 5 heteroatoms. The van der Waals surface area contributed by atoms with Gasteiger partial charge < -0.3 is 15.2 Å². The second-order valence-electron chi connectivity index (χ2n) is 8.43. The molecule has 3 aliphatic rings. The quantitative estimate of drug-likeness (QED) is 0.864. The smallest absolute Gasteiger partial charge is 0.283 e. The second kappa shape index (κ2) is 6.31. The summed E-state index contributed by atoms with van der Waals surface area (Å²) in [5.74, 6) is 0.292. The number of nitrogens with zero attached hydrogens (tertiary/aromatic N) is 2. The second-order valence-corrected chi connectivity index (χ2v) is 8.43. The lowest BCUT2D eigenvalue weighted by Gasteiger charge is -2.47. The number of rotatable bonds is 2. The molecule has 5 rings (SSSR count). The maximum Gasteiger partial charge on any atom is 0.283 e. The first-order chi connectivity index (χ1) is 14.3. The largest absolute Gasteiger partial charge is 0.462 e. The molecule has 1 aromatic carbocycles. The van der Waals surface area contributed by atoms with Crippen LogP contribution in [0.5, 0.6) is 0 Å². The van der Waals surface area contributed by atoms with Crippen LogP contribution in [0.2, 0.25) is 0 Å². The first-order valence-corrected chi connectivity index (χ1v) is 9.93. The number of hydrogen-bond donors (Lipinski definition) is 1. The number of aliphatic imine (C=N–C) groups is 1. The number of methoxy groups -OCH3 is 1. The number of fused-ring (bicyclic) bond motifs is 3. The third kappa shape index (κ3) is 2.42. The van der Waals surface area contributed by atoms with Crippen molar-refractivity contribution in [1.29, 1.82) is 0 Å². The molecule has 28 heavy (non-hydrogen) atoms. The molecule has 0 unspecified atom stereocenters. The minimum Gasteiger partial charge on any atom is -0.462 e. The van der Waals surface area contributed by atoms with Crippen LogP contribution >= 0.6 is 0 Å². The number of ether oxygens (including phenoxy) is 2. The van der Waals surface area contributed by atoms with Crippen LogP contribution in [0.4, 0.5) is 0 Å². The van der Waals surface area contributed by atoms with Crippen molar-refractivity contribution >= 4 is 6.02 Å². The summed E-state index contributed by atoms with van der Waals surface area (Å²) in [6, 6.07) is 10.1. The van der Waals surface area contributed by atoms with Crippen LogP contribution in [0.3, 0.4) is 0 Å². The van der Waals surface area contributed by atoms with Crippen molar-refractivity contribution in [2.24, 2.45) is 22.1 Å². The molecule has 1 saturated carbocycles. The Morgan fingerprint density at radius 2 is 2.21 bits per heavy atom. The molecule has 2 aliphatic carbocycles. The van der Waals surface area contributed by atoms with E-state index in [-0.39, 0.29) is 12.1 Å². The average molecular weight is 380 g/mol. The zero-order valence-corrected chi connectivity index (χ0v) is 16.3. The summed E-state index contributed by atoms with van der Waals surface area (Å²) < 4.78 is 29.0. The lowest BCUT2D eigenvalue weighted by atomic mass is 9.59. The van der Waals surface area contributed by atoms with Crippen LogP contribution in [0.1, 0.15) is 40.1 Å². The van der Waals surface area contributed by atoms with E-state index in [1.807, 2.05) is 18.3 Å². The van der Waals surface area contributed by atoms with E-state index in [2.05, 4.69) is 30.1 Å². The van der Waals surface area contributed by atoms with Crippen molar-refractivity contribution < 1.29 is 12.2 Å². The fraction of sp³-hybridized carbons (Fsp3) is 0.478. The maximum absolute atomic E-state index is 8.90. The average Bonchev–Trinajstić information content (AvgIpc) is 3.13. The topological polar surface area (TPSA) is 69.7 Å². The SMILES string of the molecule is [2H]C1([2H])OC(N)=N[C@]12c1cc(-c3cccnc3)ccc1C[C@@]21CC[C@H](OC)[C@@H](C)C1. The number of amidine groups is 1. The van der Waals surface area contributed by atoms with Crippen molar-refractivity contribution in [3.05, 3.63) is 53.9 Å². The lowest BCUT2D eigenvalue weighted by Crippen LogP contribution is -2.48. The summed E-state index contributed by atoms with van der Waals surface area (Å²) in [4.78, 5) is 8.99. The minimum atomic E-state index is -2.02. The lowest BCUT2D eigenvalue weighted by molar-refractivity contribution is -0.0445. The summed E-state index contributed by atoms with van der Waals surface area (Å²) >= 11 is 0. The van der Waals surface area contributed by atoms with Gasteiger partial charge in [-0.3, -0.25) is 4.98 Å². The zero-order chi connectivity index (χ0) is 21.1. The molecule has 0 bridgehead atoms. The van der Waals surface area contributed by atoms with Crippen LogP contribution < -0.4 is 5.73 Å². The Balaban J connectivity index is 1.70. The molecule has 0 radical (unpaired) electrons. The molecule has 146 valence electrons. The van der Waals surface area contributed by atoms with Gasteiger partial charge in [-0.15, -0.1) is 0 Å². The predicted octanol–water partition coefficient (Wildman–Crippen LogP) is 3.67. The Hall–Kier alpha value is -2.40. The number of hydrogen-bond acceptors (Lipinski definition) is 5. The van der Waals surface area contributed by atoms with Gasteiger partial charge in [-0.2, -0.15) is 0 Å². The first kappa shape index (κ1) is 15.5. The third-order valence-electron chi connectivity index (χ3n) is 6.93. The highest BCUT2D eigenvalue weighted by Crippen LogP contribution is 2.62. The van der Waals surface area contributed by atoms with E-state index in [0.29, 0.717) is 5.92 Å². The molecule has 1 fully saturated rings. The molecule has 1 aliphatic heterocycles. The van der Waals surface area contributed by atoms with Crippen LogP contribution in [0.15, 0.2) is 47.7 Å². The fourth-order valence-corrected chi connectivity index (χ4v) is 5.63. The zero-order valence-electron chi connectivity index (χ0n) is 18.3. The van der Waals surface area contributed by atoms with E-state index < -0.39 is 17.5 Å². The number of nitrogens with two attached hydrogens (primary N) is 1. The monoisotopic (exact) mass is 379 g/mol. The van der Waals surface area contributed by atoms with E-state index >= 15 is 0 Å². The fourth-order valence-electron chi connectivity index (χ4n) is 5.63. The summed E-state index contributed by atoms with van der Waals surface area (Å²) in [6.45, 7) is 0.167. The van der Waals surface area contributed by atoms with Gasteiger partial charge in [0.1, 0.15) is 12.1 Å². The molecule has 2 spiro atoms. The summed E-state index contributed by atoms with van der Waals surface area (Å²) in [5.41, 5.74) is 8.43. The number of aromatic nitrogens is 1. The summed E-state index contributed by atoms with van der Waals surface area (Å²) in [7, 11) is 1.76. The van der Waals surface area contributed by atoms with Gasteiger partial charge in [0.25, 0.3) is 6.02 Å². The van der Waals surface area contributed by atoms with Gasteiger partial charge in [0, 0.05) is 24.9 Å². The van der Waals surface area contributed by atoms with E-state index in [1.165, 1.54) is 0 Å². The molecule has 4 atom stereocenters. The van der Waals surface area contributed by atoms with E-state index in [9.17, 15) is 0 Å². The van der Waals surface area contributed by atoms with Crippen molar-refractivity contribution in [2.75, 3.05) is 13.7 Å². The van der Waals surface area contributed by atoms with Gasteiger partial charge in [-0.1, -0.05) is 25.1 Å². The summed E-state index contributed by atoms with van der Waals surface area (Å²) in [6.07, 6.45) is 7.00. The Morgan fingerprint density at radius 3 is 2.89 bits per heavy atom. The maximum atomic E-state index is 8.90. The highest BCUT2D eigenvalue weighted by atomic mass is 16.5. The van der Waals surface area contributed by atoms with Gasteiger partial charge in [-0.05, 0) is 66.0 Å². The summed E-state index contributed by atoms with van der Waals surface area (Å²) in [5, 5.41) is 0.